The van der Waals surface area contributed by atoms with Gasteiger partial charge in [-0.2, -0.15) is 0 Å². The van der Waals surface area contributed by atoms with E-state index in [0.29, 0.717) is 22.8 Å². The summed E-state index contributed by atoms with van der Waals surface area (Å²) in [4.78, 5) is 30.1. The topological polar surface area (TPSA) is 93.4 Å². The smallest absolute Gasteiger partial charge is 0.272 e. The van der Waals surface area contributed by atoms with Crippen LogP contribution in [0.4, 0.5) is 0 Å². The molecule has 0 saturated carbocycles. The lowest BCUT2D eigenvalue weighted by molar-refractivity contribution is 0.393. The highest BCUT2D eigenvalue weighted by Gasteiger charge is 2.04. The monoisotopic (exact) mass is 380 g/mol. The maximum Gasteiger partial charge on any atom is 0.272 e. The summed E-state index contributed by atoms with van der Waals surface area (Å²) in [6.07, 6.45) is 3.15. The van der Waals surface area contributed by atoms with E-state index in [1.54, 1.807) is 68.8 Å². The first-order valence-electron chi connectivity index (χ1n) is 8.46. The Labute approximate surface area is 160 Å². The molecule has 2 aromatic carbocycles. The summed E-state index contributed by atoms with van der Waals surface area (Å²) in [6.45, 7) is 0. The molecule has 3 aromatic rings. The number of H-pyrrole nitrogens is 2. The van der Waals surface area contributed by atoms with E-state index in [2.05, 4.69) is 9.97 Å². The number of methoxy groups -OCH3 is 3. The van der Waals surface area contributed by atoms with E-state index in [-0.39, 0.29) is 10.7 Å². The van der Waals surface area contributed by atoms with Crippen molar-refractivity contribution in [3.63, 3.8) is 0 Å². The number of aromatic amines is 2. The van der Waals surface area contributed by atoms with Gasteiger partial charge in [0.25, 0.3) is 11.1 Å². The number of benzene rings is 2. The number of aromatic nitrogens is 2. The highest BCUT2D eigenvalue weighted by atomic mass is 16.5. The van der Waals surface area contributed by atoms with Crippen molar-refractivity contribution in [3.05, 3.63) is 85.0 Å². The number of nitrogens with one attached hydrogen (secondary N) is 2. The summed E-state index contributed by atoms with van der Waals surface area (Å²) >= 11 is 0. The van der Waals surface area contributed by atoms with Crippen LogP contribution in [-0.2, 0) is 0 Å². The van der Waals surface area contributed by atoms with E-state index < -0.39 is 11.1 Å². The van der Waals surface area contributed by atoms with Crippen molar-refractivity contribution in [1.29, 1.82) is 0 Å². The highest BCUT2D eigenvalue weighted by molar-refractivity contribution is 5.58. The molecule has 3 rings (SSSR count). The standard InChI is InChI=1S/C21H20N2O5/c1-26-15-7-4-13(5-8-15)10-17-20(24)23-18(21(25)22-17)11-14-6-9-16(27-2)12-19(14)28-3/h4-12H,1-3H3,(H,22,25)(H,23,24)/b17-10-,18-11-. The third-order valence-electron chi connectivity index (χ3n) is 4.15. The fourth-order valence-electron chi connectivity index (χ4n) is 2.66. The van der Waals surface area contributed by atoms with Gasteiger partial charge in [0.2, 0.25) is 0 Å². The van der Waals surface area contributed by atoms with Crippen LogP contribution in [0.1, 0.15) is 11.1 Å². The fraction of sp³-hybridized carbons (Fsp3) is 0.143. The lowest BCUT2D eigenvalue weighted by atomic mass is 10.1. The van der Waals surface area contributed by atoms with Crippen molar-refractivity contribution < 1.29 is 14.2 Å². The van der Waals surface area contributed by atoms with Gasteiger partial charge in [-0.25, -0.2) is 0 Å². The molecule has 0 unspecified atom stereocenters. The Balaban J connectivity index is 2.07. The zero-order chi connectivity index (χ0) is 20.1. The molecule has 0 aliphatic carbocycles. The second-order valence-corrected chi connectivity index (χ2v) is 5.91. The zero-order valence-corrected chi connectivity index (χ0v) is 15.7. The maximum absolute atomic E-state index is 12.4. The summed E-state index contributed by atoms with van der Waals surface area (Å²) in [6, 6.07) is 12.3. The van der Waals surface area contributed by atoms with Gasteiger partial charge in [0, 0.05) is 11.6 Å². The molecule has 2 N–H and O–H groups in total. The van der Waals surface area contributed by atoms with Gasteiger partial charge in [-0.05, 0) is 42.0 Å². The van der Waals surface area contributed by atoms with Gasteiger partial charge < -0.3 is 24.2 Å². The second kappa shape index (κ2) is 8.30. The zero-order valence-electron chi connectivity index (χ0n) is 15.7. The number of rotatable bonds is 5. The first-order chi connectivity index (χ1) is 13.5. The fourth-order valence-corrected chi connectivity index (χ4v) is 2.66. The average molecular weight is 380 g/mol. The molecule has 0 radical (unpaired) electrons. The lowest BCUT2D eigenvalue weighted by Gasteiger charge is -2.07. The lowest BCUT2D eigenvalue weighted by Crippen LogP contribution is -2.46. The molecular formula is C21H20N2O5. The van der Waals surface area contributed by atoms with Gasteiger partial charge in [0.05, 0.1) is 21.3 Å². The molecule has 28 heavy (non-hydrogen) atoms. The van der Waals surface area contributed by atoms with Crippen LogP contribution < -0.4 is 36.0 Å². The summed E-state index contributed by atoms with van der Waals surface area (Å²) in [5.41, 5.74) is 0.568. The predicted molar refractivity (Wildman–Crippen MR) is 107 cm³/mol. The minimum atomic E-state index is -0.419. The first kappa shape index (κ1) is 19.0. The van der Waals surface area contributed by atoms with E-state index in [9.17, 15) is 9.59 Å². The molecule has 144 valence electrons. The predicted octanol–water partition coefficient (Wildman–Crippen LogP) is 0.747. The van der Waals surface area contributed by atoms with E-state index in [1.807, 2.05) is 0 Å². The largest absolute Gasteiger partial charge is 0.497 e. The third-order valence-corrected chi connectivity index (χ3v) is 4.15. The van der Waals surface area contributed by atoms with Crippen molar-refractivity contribution in [2.24, 2.45) is 0 Å². The normalized spacial score (nSPS) is 12.1. The van der Waals surface area contributed by atoms with Gasteiger partial charge >= 0.3 is 0 Å². The van der Waals surface area contributed by atoms with Gasteiger partial charge in [-0.1, -0.05) is 12.1 Å². The van der Waals surface area contributed by atoms with Crippen molar-refractivity contribution >= 4 is 12.2 Å². The van der Waals surface area contributed by atoms with Crippen LogP contribution in [0, 0.1) is 0 Å². The van der Waals surface area contributed by atoms with Crippen LogP contribution in [-0.4, -0.2) is 31.3 Å². The molecule has 0 fully saturated rings. The molecule has 0 bridgehead atoms. The highest BCUT2D eigenvalue weighted by Crippen LogP contribution is 2.24. The van der Waals surface area contributed by atoms with Crippen LogP contribution in [0.25, 0.3) is 12.2 Å². The Morgan fingerprint density at radius 1 is 0.714 bits per heavy atom. The molecule has 0 aliphatic rings. The Bertz CT molecular complexity index is 1210. The van der Waals surface area contributed by atoms with Crippen LogP contribution in [0.2, 0.25) is 0 Å². The van der Waals surface area contributed by atoms with Crippen LogP contribution in [0.3, 0.4) is 0 Å². The SMILES string of the molecule is COc1ccc(/C=c2\[nH]c(=O)/c(=C/c3ccc(OC)cc3OC)[nH]c2=O)cc1. The Hall–Kier alpha value is -3.74. The molecule has 1 aromatic heterocycles. The molecule has 7 heteroatoms. The van der Waals surface area contributed by atoms with Crippen LogP contribution in [0.5, 0.6) is 17.2 Å². The second-order valence-electron chi connectivity index (χ2n) is 5.91. The van der Waals surface area contributed by atoms with Crippen molar-refractivity contribution in [2.45, 2.75) is 0 Å². The van der Waals surface area contributed by atoms with Gasteiger partial charge in [-0.15, -0.1) is 0 Å². The van der Waals surface area contributed by atoms with Gasteiger partial charge in [-0.3, -0.25) is 9.59 Å². The molecule has 0 aliphatic heterocycles. The average Bonchev–Trinajstić information content (AvgIpc) is 2.72. The van der Waals surface area contributed by atoms with Crippen LogP contribution >= 0.6 is 0 Å². The molecule has 0 saturated heterocycles. The summed E-state index contributed by atoms with van der Waals surface area (Å²) < 4.78 is 15.6. The van der Waals surface area contributed by atoms with Crippen molar-refractivity contribution in [1.82, 2.24) is 9.97 Å². The Kier molecular flexibility index (Phi) is 5.64. The van der Waals surface area contributed by atoms with E-state index in [1.165, 1.54) is 7.11 Å². The van der Waals surface area contributed by atoms with Gasteiger partial charge in [0.1, 0.15) is 27.9 Å². The molecule has 0 atom stereocenters. The van der Waals surface area contributed by atoms with Crippen molar-refractivity contribution in [2.75, 3.05) is 21.3 Å². The van der Waals surface area contributed by atoms with E-state index >= 15 is 0 Å². The van der Waals surface area contributed by atoms with Gasteiger partial charge in [0.15, 0.2) is 0 Å². The summed E-state index contributed by atoms with van der Waals surface area (Å²) in [7, 11) is 4.65. The Morgan fingerprint density at radius 3 is 1.86 bits per heavy atom. The molecule has 0 spiro atoms. The Morgan fingerprint density at radius 2 is 1.29 bits per heavy atom. The van der Waals surface area contributed by atoms with E-state index in [0.717, 1.165) is 5.56 Å². The van der Waals surface area contributed by atoms with Crippen molar-refractivity contribution in [3.8, 4) is 17.2 Å². The number of ether oxygens (including phenoxy) is 3. The van der Waals surface area contributed by atoms with E-state index in [4.69, 9.17) is 14.2 Å². The minimum Gasteiger partial charge on any atom is -0.497 e. The molecular weight excluding hydrogens is 360 g/mol. The first-order valence-corrected chi connectivity index (χ1v) is 8.46. The third kappa shape index (κ3) is 4.15. The molecule has 0 amide bonds. The minimum absolute atomic E-state index is 0.125. The summed E-state index contributed by atoms with van der Waals surface area (Å²) in [5.74, 6) is 1.85. The summed E-state index contributed by atoms with van der Waals surface area (Å²) in [5, 5.41) is 0.286. The van der Waals surface area contributed by atoms with Crippen LogP contribution in [0.15, 0.2) is 52.1 Å². The quantitative estimate of drug-likeness (QED) is 0.681. The maximum atomic E-state index is 12.4. The number of hydrogen-bond acceptors (Lipinski definition) is 5. The number of hydrogen-bond donors (Lipinski definition) is 2. The molecule has 1 heterocycles. The molecule has 7 nitrogen and oxygen atoms in total.